The highest BCUT2D eigenvalue weighted by atomic mass is 19.4. The molecule has 4 N–H and O–H groups in total. The molecular weight excluding hydrogens is 419 g/mol. The number of aliphatic hydroxyl groups excluding tert-OH is 1. The summed E-state index contributed by atoms with van der Waals surface area (Å²) in [5.41, 5.74) is 1.23. The van der Waals surface area contributed by atoms with Crippen LogP contribution in [0.3, 0.4) is 0 Å². The Hall–Kier alpha value is -3.54. The molecule has 2 aromatic rings. The van der Waals surface area contributed by atoms with Gasteiger partial charge in [-0.25, -0.2) is 9.78 Å². The first-order valence-corrected chi connectivity index (χ1v) is 9.11. The molecule has 0 aliphatic heterocycles. The van der Waals surface area contributed by atoms with Gasteiger partial charge in [0.1, 0.15) is 5.75 Å². The number of carbonyl (C=O) groups excluding carboxylic acids is 2. The van der Waals surface area contributed by atoms with Crippen LogP contribution >= 0.6 is 0 Å². The van der Waals surface area contributed by atoms with Gasteiger partial charge in [0.2, 0.25) is 5.82 Å². The summed E-state index contributed by atoms with van der Waals surface area (Å²) in [6, 6.07) is 3.88. The van der Waals surface area contributed by atoms with Crippen molar-refractivity contribution in [3.8, 4) is 5.75 Å². The van der Waals surface area contributed by atoms with Crippen LogP contribution in [0.2, 0.25) is 0 Å². The van der Waals surface area contributed by atoms with Crippen LogP contribution in [-0.4, -0.2) is 46.1 Å². The fourth-order valence-corrected chi connectivity index (χ4v) is 2.34. The minimum Gasteiger partial charge on any atom is -0.406 e. The second-order valence-electron chi connectivity index (χ2n) is 6.51. The number of alkyl halides is 3. The van der Waals surface area contributed by atoms with Gasteiger partial charge in [-0.15, -0.1) is 13.2 Å². The Morgan fingerprint density at radius 2 is 1.87 bits per heavy atom. The van der Waals surface area contributed by atoms with E-state index in [0.29, 0.717) is 6.54 Å². The predicted octanol–water partition coefficient (Wildman–Crippen LogP) is 3.11. The lowest BCUT2D eigenvalue weighted by Crippen LogP contribution is -2.29. The van der Waals surface area contributed by atoms with Gasteiger partial charge in [-0.2, -0.15) is 0 Å². The molecule has 0 radical (unpaired) electrons. The lowest BCUT2D eigenvalue weighted by molar-refractivity contribution is -0.274. The van der Waals surface area contributed by atoms with Gasteiger partial charge in [-0.05, 0) is 38.1 Å². The van der Waals surface area contributed by atoms with Gasteiger partial charge in [0.05, 0.1) is 6.61 Å². The Bertz CT molecular complexity index is 935. The van der Waals surface area contributed by atoms with Crippen molar-refractivity contribution in [2.75, 3.05) is 23.8 Å². The standard InChI is InChI=1S/C19H22F3N5O4/c1-12(2)7-9-27-11-15(25-16(27)17(29)23-8-10-28)26-18(30)24-13-3-5-14(6-4-13)31-19(20,21)22/h3-7,11,28H,8-10H2,1-2H3,(H,23,29)(H2,24,26,30). The highest BCUT2D eigenvalue weighted by Gasteiger charge is 2.31. The number of amides is 3. The minimum atomic E-state index is -4.81. The summed E-state index contributed by atoms with van der Waals surface area (Å²) in [5, 5.41) is 16.3. The number of aliphatic hydroxyl groups is 1. The summed E-state index contributed by atoms with van der Waals surface area (Å²) in [6.07, 6.45) is -1.48. The molecule has 1 aromatic carbocycles. The third kappa shape index (κ3) is 8.01. The highest BCUT2D eigenvalue weighted by Crippen LogP contribution is 2.24. The number of halogens is 3. The molecule has 2 rings (SSSR count). The molecule has 3 amide bonds. The third-order valence-electron chi connectivity index (χ3n) is 3.66. The molecule has 168 valence electrons. The number of nitrogens with zero attached hydrogens (tertiary/aromatic N) is 2. The van der Waals surface area contributed by atoms with Gasteiger partial charge < -0.3 is 25.0 Å². The van der Waals surface area contributed by atoms with Crippen LogP contribution < -0.4 is 20.7 Å². The molecule has 0 atom stereocenters. The maximum absolute atomic E-state index is 12.2. The summed E-state index contributed by atoms with van der Waals surface area (Å²) in [6.45, 7) is 3.92. The molecule has 0 unspecified atom stereocenters. The van der Waals surface area contributed by atoms with Crippen molar-refractivity contribution in [3.63, 3.8) is 0 Å². The van der Waals surface area contributed by atoms with E-state index >= 15 is 0 Å². The summed E-state index contributed by atoms with van der Waals surface area (Å²) in [4.78, 5) is 28.5. The van der Waals surface area contributed by atoms with Crippen LogP contribution in [0, 0.1) is 0 Å². The first-order valence-electron chi connectivity index (χ1n) is 9.11. The van der Waals surface area contributed by atoms with E-state index in [-0.39, 0.29) is 30.5 Å². The van der Waals surface area contributed by atoms with Crippen LogP contribution in [0.15, 0.2) is 42.1 Å². The Labute approximate surface area is 175 Å². The van der Waals surface area contributed by atoms with Crippen LogP contribution in [0.1, 0.15) is 24.5 Å². The molecule has 0 fully saturated rings. The second-order valence-corrected chi connectivity index (χ2v) is 6.51. The zero-order valence-corrected chi connectivity index (χ0v) is 16.8. The number of anilines is 2. The molecule has 0 spiro atoms. The lowest BCUT2D eigenvalue weighted by Gasteiger charge is -2.10. The van der Waals surface area contributed by atoms with Crippen molar-refractivity contribution in [1.82, 2.24) is 14.9 Å². The van der Waals surface area contributed by atoms with Crippen molar-refractivity contribution >= 4 is 23.4 Å². The van der Waals surface area contributed by atoms with Crippen molar-refractivity contribution in [3.05, 3.63) is 47.9 Å². The molecule has 0 saturated heterocycles. The van der Waals surface area contributed by atoms with Crippen LogP contribution in [0.25, 0.3) is 0 Å². The molecular formula is C19H22F3N5O4. The first kappa shape index (κ1) is 23.7. The molecule has 0 aliphatic rings. The molecule has 0 saturated carbocycles. The van der Waals surface area contributed by atoms with E-state index in [4.69, 9.17) is 5.11 Å². The number of aromatic nitrogens is 2. The van der Waals surface area contributed by atoms with Gasteiger partial charge in [-0.3, -0.25) is 10.1 Å². The summed E-state index contributed by atoms with van der Waals surface area (Å²) < 4.78 is 41.9. The van der Waals surface area contributed by atoms with E-state index in [9.17, 15) is 22.8 Å². The van der Waals surface area contributed by atoms with Crippen LogP contribution in [0.4, 0.5) is 29.5 Å². The highest BCUT2D eigenvalue weighted by molar-refractivity contribution is 5.99. The molecule has 12 heteroatoms. The zero-order valence-electron chi connectivity index (χ0n) is 16.8. The van der Waals surface area contributed by atoms with Crippen molar-refractivity contribution in [2.24, 2.45) is 0 Å². The average molecular weight is 441 g/mol. The number of hydrogen-bond donors (Lipinski definition) is 4. The fraction of sp³-hybridized carbons (Fsp3) is 0.316. The number of rotatable bonds is 8. The van der Waals surface area contributed by atoms with E-state index in [2.05, 4.69) is 25.7 Å². The Kier molecular flexibility index (Phi) is 8.02. The fourth-order valence-electron chi connectivity index (χ4n) is 2.34. The SMILES string of the molecule is CC(C)=CCn1cc(NC(=O)Nc2ccc(OC(F)(F)F)cc2)nc1C(=O)NCCO. The molecule has 1 aromatic heterocycles. The van der Waals surface area contributed by atoms with Crippen molar-refractivity contribution < 1.29 is 32.6 Å². The number of imidazole rings is 1. The number of nitrogens with one attached hydrogen (secondary N) is 3. The quantitative estimate of drug-likeness (QED) is 0.470. The second kappa shape index (κ2) is 10.5. The number of urea groups is 1. The minimum absolute atomic E-state index is 0.0369. The number of allylic oxidation sites excluding steroid dienone is 2. The smallest absolute Gasteiger partial charge is 0.406 e. The number of ether oxygens (including phenoxy) is 1. The predicted molar refractivity (Wildman–Crippen MR) is 107 cm³/mol. The van der Waals surface area contributed by atoms with E-state index in [1.54, 1.807) is 0 Å². The maximum atomic E-state index is 12.2. The lowest BCUT2D eigenvalue weighted by atomic mass is 10.3. The van der Waals surface area contributed by atoms with Crippen molar-refractivity contribution in [1.29, 1.82) is 0 Å². The van der Waals surface area contributed by atoms with E-state index < -0.39 is 24.1 Å². The summed E-state index contributed by atoms with van der Waals surface area (Å²) in [7, 11) is 0. The zero-order chi connectivity index (χ0) is 23.0. The average Bonchev–Trinajstić information content (AvgIpc) is 3.07. The molecule has 1 heterocycles. The normalized spacial score (nSPS) is 10.9. The number of hydrogen-bond acceptors (Lipinski definition) is 5. The van der Waals surface area contributed by atoms with Gasteiger partial charge >= 0.3 is 12.4 Å². The molecule has 31 heavy (non-hydrogen) atoms. The van der Waals surface area contributed by atoms with E-state index in [0.717, 1.165) is 17.7 Å². The van der Waals surface area contributed by atoms with Gasteiger partial charge in [0, 0.05) is 25.0 Å². The van der Waals surface area contributed by atoms with Gasteiger partial charge in [0.15, 0.2) is 5.82 Å². The molecule has 0 bridgehead atoms. The van der Waals surface area contributed by atoms with Crippen LogP contribution in [-0.2, 0) is 6.54 Å². The van der Waals surface area contributed by atoms with E-state index in [1.807, 2.05) is 19.9 Å². The van der Waals surface area contributed by atoms with Gasteiger partial charge in [0.25, 0.3) is 5.91 Å². The Morgan fingerprint density at radius 3 is 2.45 bits per heavy atom. The molecule has 9 nitrogen and oxygen atoms in total. The monoisotopic (exact) mass is 441 g/mol. The van der Waals surface area contributed by atoms with Gasteiger partial charge in [-0.1, -0.05) is 11.6 Å². The van der Waals surface area contributed by atoms with Crippen LogP contribution in [0.5, 0.6) is 5.75 Å². The first-order chi connectivity index (χ1) is 14.6. The molecule has 0 aliphatic carbocycles. The topological polar surface area (TPSA) is 118 Å². The number of carbonyl (C=O) groups is 2. The summed E-state index contributed by atoms with van der Waals surface area (Å²) >= 11 is 0. The van der Waals surface area contributed by atoms with E-state index in [1.165, 1.54) is 22.9 Å². The Balaban J connectivity index is 2.07. The summed E-state index contributed by atoms with van der Waals surface area (Å²) in [5.74, 6) is -0.819. The maximum Gasteiger partial charge on any atom is 0.573 e. The largest absolute Gasteiger partial charge is 0.573 e. The van der Waals surface area contributed by atoms with Crippen molar-refractivity contribution in [2.45, 2.75) is 26.8 Å². The number of benzene rings is 1. The third-order valence-corrected chi connectivity index (χ3v) is 3.66. The Morgan fingerprint density at radius 1 is 1.19 bits per heavy atom.